The number of methoxy groups -OCH3 is 1. The summed E-state index contributed by atoms with van der Waals surface area (Å²) in [6.45, 7) is 2.27. The van der Waals surface area contributed by atoms with Crippen LogP contribution in [0.3, 0.4) is 0 Å². The summed E-state index contributed by atoms with van der Waals surface area (Å²) in [7, 11) is 1.13. The van der Waals surface area contributed by atoms with E-state index in [2.05, 4.69) is 10.1 Å². The van der Waals surface area contributed by atoms with E-state index in [0.717, 1.165) is 7.11 Å². The Kier molecular flexibility index (Phi) is 3.06. The highest BCUT2D eigenvalue weighted by Crippen LogP contribution is 2.04. The smallest absolute Gasteiger partial charge is 0.396 e. The van der Waals surface area contributed by atoms with Gasteiger partial charge in [-0.25, -0.2) is 4.79 Å². The van der Waals surface area contributed by atoms with Gasteiger partial charge in [0.1, 0.15) is 6.04 Å². The molecular formula is C8H12N2O4. The number of hydrogen-bond acceptors (Lipinski definition) is 4. The van der Waals surface area contributed by atoms with E-state index in [1.165, 1.54) is 4.90 Å². The standard InChI is InChI=1S/C8H12N2O4/c1-5-6(11)9-3-4-10(5)7(12)8(13)14-2/h5H,3-4H2,1-2H3,(H,9,11). The van der Waals surface area contributed by atoms with Crippen molar-refractivity contribution in [2.45, 2.75) is 13.0 Å². The van der Waals surface area contributed by atoms with E-state index in [9.17, 15) is 14.4 Å². The quantitative estimate of drug-likeness (QED) is 0.381. The Morgan fingerprint density at radius 2 is 2.21 bits per heavy atom. The van der Waals surface area contributed by atoms with Gasteiger partial charge in [0.15, 0.2) is 0 Å². The second-order valence-electron chi connectivity index (χ2n) is 2.96. The van der Waals surface area contributed by atoms with Crippen molar-refractivity contribution in [3.8, 4) is 0 Å². The predicted octanol–water partition coefficient (Wildman–Crippen LogP) is -1.49. The van der Waals surface area contributed by atoms with Crippen molar-refractivity contribution in [3.63, 3.8) is 0 Å². The molecule has 0 aromatic rings. The predicted molar refractivity (Wildman–Crippen MR) is 46.2 cm³/mol. The fraction of sp³-hybridized carbons (Fsp3) is 0.625. The Balaban J connectivity index is 2.71. The lowest BCUT2D eigenvalue weighted by molar-refractivity contribution is -0.161. The molecule has 1 heterocycles. The number of hydrogen-bond donors (Lipinski definition) is 1. The van der Waals surface area contributed by atoms with Gasteiger partial charge >= 0.3 is 11.9 Å². The molecule has 78 valence electrons. The van der Waals surface area contributed by atoms with Crippen molar-refractivity contribution >= 4 is 17.8 Å². The molecule has 0 spiro atoms. The van der Waals surface area contributed by atoms with E-state index in [1.54, 1.807) is 6.92 Å². The molecule has 1 N–H and O–H groups in total. The topological polar surface area (TPSA) is 75.7 Å². The maximum atomic E-state index is 11.4. The van der Waals surface area contributed by atoms with Gasteiger partial charge in [0, 0.05) is 13.1 Å². The first kappa shape index (κ1) is 10.5. The molecule has 2 amide bonds. The summed E-state index contributed by atoms with van der Waals surface area (Å²) < 4.78 is 4.29. The minimum Gasteiger partial charge on any atom is -0.462 e. The largest absolute Gasteiger partial charge is 0.462 e. The van der Waals surface area contributed by atoms with Crippen LogP contribution in [0.4, 0.5) is 0 Å². The zero-order valence-corrected chi connectivity index (χ0v) is 8.07. The number of nitrogens with one attached hydrogen (secondary N) is 1. The highest BCUT2D eigenvalue weighted by molar-refractivity contribution is 6.32. The number of carbonyl (C=O) groups excluding carboxylic acids is 3. The van der Waals surface area contributed by atoms with Crippen LogP contribution in [0.2, 0.25) is 0 Å². The first-order valence-electron chi connectivity index (χ1n) is 4.24. The van der Waals surface area contributed by atoms with Gasteiger partial charge in [-0.1, -0.05) is 0 Å². The lowest BCUT2D eigenvalue weighted by Crippen LogP contribution is -2.57. The molecule has 6 nitrogen and oxygen atoms in total. The maximum absolute atomic E-state index is 11.4. The van der Waals surface area contributed by atoms with E-state index in [1.807, 2.05) is 0 Å². The number of nitrogens with zero attached hydrogens (tertiary/aromatic N) is 1. The summed E-state index contributed by atoms with van der Waals surface area (Å²) in [5.74, 6) is -1.96. The van der Waals surface area contributed by atoms with Crippen LogP contribution in [0, 0.1) is 0 Å². The van der Waals surface area contributed by atoms with Crippen LogP contribution in [0.5, 0.6) is 0 Å². The second-order valence-corrected chi connectivity index (χ2v) is 2.96. The average molecular weight is 200 g/mol. The normalized spacial score (nSPS) is 21.4. The molecule has 1 fully saturated rings. The molecule has 1 atom stereocenters. The highest BCUT2D eigenvalue weighted by atomic mass is 16.5. The third kappa shape index (κ3) is 1.84. The molecule has 0 radical (unpaired) electrons. The summed E-state index contributed by atoms with van der Waals surface area (Å²) in [6.07, 6.45) is 0. The number of piperazine rings is 1. The third-order valence-corrected chi connectivity index (χ3v) is 2.12. The summed E-state index contributed by atoms with van der Waals surface area (Å²) >= 11 is 0. The highest BCUT2D eigenvalue weighted by Gasteiger charge is 2.33. The van der Waals surface area contributed by atoms with Crippen LogP contribution in [0.15, 0.2) is 0 Å². The lowest BCUT2D eigenvalue weighted by Gasteiger charge is -2.31. The fourth-order valence-electron chi connectivity index (χ4n) is 1.26. The monoisotopic (exact) mass is 200 g/mol. The molecule has 1 unspecified atom stereocenters. The fourth-order valence-corrected chi connectivity index (χ4v) is 1.26. The van der Waals surface area contributed by atoms with Crippen LogP contribution in [0.1, 0.15) is 6.92 Å². The first-order chi connectivity index (χ1) is 6.57. The Labute approximate surface area is 81.2 Å². The minimum atomic E-state index is -0.938. The maximum Gasteiger partial charge on any atom is 0.396 e. The summed E-state index contributed by atoms with van der Waals surface area (Å²) in [5, 5.41) is 2.59. The number of carbonyl (C=O) groups is 3. The van der Waals surface area contributed by atoms with Crippen molar-refractivity contribution in [2.24, 2.45) is 0 Å². The van der Waals surface area contributed by atoms with Crippen LogP contribution in [-0.4, -0.2) is 48.9 Å². The van der Waals surface area contributed by atoms with Crippen molar-refractivity contribution in [1.29, 1.82) is 0 Å². The van der Waals surface area contributed by atoms with E-state index >= 15 is 0 Å². The van der Waals surface area contributed by atoms with Crippen molar-refractivity contribution in [2.75, 3.05) is 20.2 Å². The molecule has 1 rings (SSSR count). The van der Waals surface area contributed by atoms with Gasteiger partial charge in [-0.05, 0) is 6.92 Å². The van der Waals surface area contributed by atoms with Crippen LogP contribution in [0.25, 0.3) is 0 Å². The molecular weight excluding hydrogens is 188 g/mol. The zero-order chi connectivity index (χ0) is 10.7. The van der Waals surface area contributed by atoms with Gasteiger partial charge in [-0.2, -0.15) is 0 Å². The minimum absolute atomic E-state index is 0.256. The molecule has 0 aromatic carbocycles. The van der Waals surface area contributed by atoms with Gasteiger partial charge in [-0.3, -0.25) is 9.59 Å². The van der Waals surface area contributed by atoms with E-state index < -0.39 is 17.9 Å². The molecule has 0 saturated carbocycles. The summed E-state index contributed by atoms with van der Waals surface area (Å²) in [4.78, 5) is 34.6. The molecule has 1 aliphatic rings. The van der Waals surface area contributed by atoms with Crippen molar-refractivity contribution in [1.82, 2.24) is 10.2 Å². The number of ether oxygens (including phenoxy) is 1. The van der Waals surface area contributed by atoms with Gasteiger partial charge in [0.2, 0.25) is 5.91 Å². The molecule has 14 heavy (non-hydrogen) atoms. The van der Waals surface area contributed by atoms with Gasteiger partial charge in [-0.15, -0.1) is 0 Å². The summed E-state index contributed by atoms with van der Waals surface area (Å²) in [6, 6.07) is -0.615. The third-order valence-electron chi connectivity index (χ3n) is 2.12. The molecule has 6 heteroatoms. The summed E-state index contributed by atoms with van der Waals surface area (Å²) in [5.41, 5.74) is 0. The SMILES string of the molecule is COC(=O)C(=O)N1CCNC(=O)C1C. The van der Waals surface area contributed by atoms with E-state index in [4.69, 9.17) is 0 Å². The molecule has 0 aromatic heterocycles. The van der Waals surface area contributed by atoms with Crippen molar-refractivity contribution < 1.29 is 19.1 Å². The Morgan fingerprint density at radius 1 is 1.57 bits per heavy atom. The molecule has 1 aliphatic heterocycles. The first-order valence-corrected chi connectivity index (χ1v) is 4.24. The second kappa shape index (κ2) is 4.08. The number of amides is 2. The average Bonchev–Trinajstić information content (AvgIpc) is 2.20. The number of esters is 1. The van der Waals surface area contributed by atoms with Gasteiger partial charge in [0.05, 0.1) is 7.11 Å². The van der Waals surface area contributed by atoms with Crippen LogP contribution >= 0.6 is 0 Å². The van der Waals surface area contributed by atoms with Gasteiger partial charge < -0.3 is 15.0 Å². The van der Waals surface area contributed by atoms with Crippen LogP contribution < -0.4 is 5.32 Å². The molecule has 1 saturated heterocycles. The van der Waals surface area contributed by atoms with Crippen molar-refractivity contribution in [3.05, 3.63) is 0 Å². The molecule has 0 bridgehead atoms. The van der Waals surface area contributed by atoms with Gasteiger partial charge in [0.25, 0.3) is 0 Å². The Morgan fingerprint density at radius 3 is 2.79 bits per heavy atom. The Bertz CT molecular complexity index is 277. The van der Waals surface area contributed by atoms with E-state index in [0.29, 0.717) is 13.1 Å². The Hall–Kier alpha value is -1.59. The van der Waals surface area contributed by atoms with E-state index in [-0.39, 0.29) is 5.91 Å². The zero-order valence-electron chi connectivity index (χ0n) is 8.07. The molecule has 0 aliphatic carbocycles. The number of rotatable bonds is 0. The van der Waals surface area contributed by atoms with Crippen LogP contribution in [-0.2, 0) is 19.1 Å². The lowest BCUT2D eigenvalue weighted by atomic mass is 10.2.